The first-order chi connectivity index (χ1) is 9.75. The first kappa shape index (κ1) is 12.3. The summed E-state index contributed by atoms with van der Waals surface area (Å²) in [7, 11) is 0. The van der Waals surface area contributed by atoms with Crippen molar-refractivity contribution in [3.8, 4) is 0 Å². The van der Waals surface area contributed by atoms with Crippen LogP contribution < -0.4 is 16.0 Å². The number of nitrogens with one attached hydrogen (secondary N) is 1. The topological polar surface area (TPSA) is 25.2 Å². The van der Waals surface area contributed by atoms with Crippen LogP contribution in [0.15, 0.2) is 77.4 Å². The molecule has 1 aromatic heterocycles. The van der Waals surface area contributed by atoms with Gasteiger partial charge in [0.2, 0.25) is 0 Å². The van der Waals surface area contributed by atoms with E-state index in [9.17, 15) is 0 Å². The van der Waals surface area contributed by atoms with Gasteiger partial charge in [0.25, 0.3) is 0 Å². The highest BCUT2D eigenvalue weighted by Crippen LogP contribution is 2.10. The van der Waals surface area contributed by atoms with Crippen molar-refractivity contribution >= 4 is 23.2 Å². The fourth-order valence-corrected chi connectivity index (χ4v) is 2.11. The van der Waals surface area contributed by atoms with Crippen LogP contribution in [0.5, 0.6) is 0 Å². The summed E-state index contributed by atoms with van der Waals surface area (Å²) in [5.41, 5.74) is 3.35. The van der Waals surface area contributed by atoms with Gasteiger partial charge in [-0.3, -0.25) is 0 Å². The minimum absolute atomic E-state index is 0.786. The molecule has 0 aliphatic carbocycles. The quantitative estimate of drug-likeness (QED) is 0.789. The van der Waals surface area contributed by atoms with E-state index in [2.05, 4.69) is 18.5 Å². The second kappa shape index (κ2) is 5.10. The van der Waals surface area contributed by atoms with E-state index in [0.29, 0.717) is 0 Å². The Morgan fingerprint density at radius 3 is 2.75 bits per heavy atom. The van der Waals surface area contributed by atoms with Gasteiger partial charge < -0.3 is 9.73 Å². The molecule has 98 valence electrons. The highest BCUT2D eigenvalue weighted by Gasteiger charge is 2.03. The minimum atomic E-state index is 0.786. The molecule has 1 aliphatic heterocycles. The molecule has 0 fully saturated rings. The zero-order valence-corrected chi connectivity index (χ0v) is 11.1. The molecule has 1 aromatic carbocycles. The lowest BCUT2D eigenvalue weighted by Gasteiger charge is -1.96. The van der Waals surface area contributed by atoms with E-state index in [1.165, 1.54) is 0 Å². The zero-order valence-electron chi connectivity index (χ0n) is 11.1. The maximum Gasteiger partial charge on any atom is 0.137 e. The lowest BCUT2D eigenvalue weighted by Crippen LogP contribution is -2.22. The number of hydrogen-bond acceptors (Lipinski definition) is 2. The number of hydrogen-bond donors (Lipinski definition) is 1. The lowest BCUT2D eigenvalue weighted by molar-refractivity contribution is 0.575. The molecule has 0 saturated carbocycles. The van der Waals surface area contributed by atoms with E-state index in [1.54, 1.807) is 0 Å². The Balaban J connectivity index is 2.34. The lowest BCUT2D eigenvalue weighted by atomic mass is 10.1. The van der Waals surface area contributed by atoms with Crippen molar-refractivity contribution in [3.63, 3.8) is 0 Å². The van der Waals surface area contributed by atoms with Crippen LogP contribution in [0.1, 0.15) is 0 Å². The van der Waals surface area contributed by atoms with Crippen LogP contribution in [0.4, 0.5) is 0 Å². The van der Waals surface area contributed by atoms with Crippen LogP contribution in [-0.4, -0.2) is 0 Å². The van der Waals surface area contributed by atoms with Gasteiger partial charge in [-0.15, -0.1) is 0 Å². The Labute approximate surface area is 117 Å². The number of furan rings is 1. The van der Waals surface area contributed by atoms with Gasteiger partial charge in [-0.1, -0.05) is 43.5 Å². The molecule has 2 heterocycles. The molecule has 0 radical (unpaired) electrons. The Morgan fingerprint density at radius 1 is 1.00 bits per heavy atom. The van der Waals surface area contributed by atoms with Crippen molar-refractivity contribution in [2.45, 2.75) is 0 Å². The first-order valence-electron chi connectivity index (χ1n) is 6.42. The predicted octanol–water partition coefficient (Wildman–Crippen LogP) is 2.74. The second-order valence-electron chi connectivity index (χ2n) is 4.60. The van der Waals surface area contributed by atoms with Gasteiger partial charge in [0.1, 0.15) is 11.0 Å². The standard InChI is InChI=1S/C18H15NO/c1-13-7-5-6-10-19-12-16-15-8-3-4-9-17(15)20-18(16)11-14(13)2/h3-12,19H,1-2H2/b7-5-,10-6-,16-12-,18-11+. The van der Waals surface area contributed by atoms with Gasteiger partial charge in [-0.2, -0.15) is 0 Å². The summed E-state index contributed by atoms with van der Waals surface area (Å²) >= 11 is 0. The Morgan fingerprint density at radius 2 is 1.85 bits per heavy atom. The monoisotopic (exact) mass is 261 g/mol. The normalized spacial score (nSPS) is 21.6. The van der Waals surface area contributed by atoms with Crippen molar-refractivity contribution < 1.29 is 4.42 Å². The minimum Gasteiger partial charge on any atom is -0.456 e. The average molecular weight is 261 g/mol. The molecular formula is C18H15NO. The van der Waals surface area contributed by atoms with Gasteiger partial charge in [-0.05, 0) is 29.4 Å². The van der Waals surface area contributed by atoms with Crippen LogP contribution in [0.25, 0.3) is 23.2 Å². The second-order valence-corrected chi connectivity index (χ2v) is 4.60. The van der Waals surface area contributed by atoms with Gasteiger partial charge in [0, 0.05) is 23.0 Å². The summed E-state index contributed by atoms with van der Waals surface area (Å²) in [5.74, 6) is 0. The van der Waals surface area contributed by atoms with Crippen LogP contribution in [0, 0.1) is 0 Å². The van der Waals surface area contributed by atoms with Crippen molar-refractivity contribution in [1.82, 2.24) is 5.32 Å². The van der Waals surface area contributed by atoms with Gasteiger partial charge in [-0.25, -0.2) is 0 Å². The molecule has 2 aromatic rings. The maximum absolute atomic E-state index is 5.91. The highest BCUT2D eigenvalue weighted by molar-refractivity contribution is 5.79. The van der Waals surface area contributed by atoms with E-state index in [4.69, 9.17) is 4.42 Å². The predicted molar refractivity (Wildman–Crippen MR) is 84.1 cm³/mol. The van der Waals surface area contributed by atoms with E-state index in [0.717, 1.165) is 32.7 Å². The maximum atomic E-state index is 5.91. The molecule has 0 spiro atoms. The zero-order chi connectivity index (χ0) is 13.9. The average Bonchev–Trinajstić information content (AvgIpc) is 2.78. The molecule has 0 unspecified atom stereocenters. The molecule has 3 rings (SSSR count). The van der Waals surface area contributed by atoms with Crippen molar-refractivity contribution in [3.05, 3.63) is 83.6 Å². The fourth-order valence-electron chi connectivity index (χ4n) is 2.11. The van der Waals surface area contributed by atoms with Gasteiger partial charge >= 0.3 is 0 Å². The third kappa shape index (κ3) is 2.24. The fraction of sp³-hybridized carbons (Fsp3) is 0. The molecule has 1 N–H and O–H groups in total. The van der Waals surface area contributed by atoms with Crippen LogP contribution in [0.2, 0.25) is 0 Å². The van der Waals surface area contributed by atoms with Crippen molar-refractivity contribution in [2.75, 3.05) is 0 Å². The van der Waals surface area contributed by atoms with Crippen LogP contribution in [0.3, 0.4) is 0 Å². The number of benzene rings is 1. The Kier molecular flexibility index (Phi) is 3.13. The molecular weight excluding hydrogens is 246 g/mol. The first-order valence-corrected chi connectivity index (χ1v) is 6.42. The van der Waals surface area contributed by atoms with Crippen LogP contribution in [-0.2, 0) is 0 Å². The van der Waals surface area contributed by atoms with E-state index >= 15 is 0 Å². The molecule has 0 saturated heterocycles. The molecule has 1 aliphatic rings. The smallest absolute Gasteiger partial charge is 0.137 e. The third-order valence-electron chi connectivity index (χ3n) is 3.21. The summed E-state index contributed by atoms with van der Waals surface area (Å²) in [6, 6.07) is 7.97. The SMILES string of the molecule is C=C1/C=C\C=C/N/C=c2\c(oc3ccccc23)=C/C1=C. The van der Waals surface area contributed by atoms with Crippen LogP contribution >= 0.6 is 0 Å². The number of fused-ring (bicyclic) bond motifs is 3. The van der Waals surface area contributed by atoms with E-state index < -0.39 is 0 Å². The summed E-state index contributed by atoms with van der Waals surface area (Å²) in [5, 5.41) is 5.24. The largest absolute Gasteiger partial charge is 0.456 e. The molecule has 0 bridgehead atoms. The number of rotatable bonds is 0. The molecule has 20 heavy (non-hydrogen) atoms. The molecule has 2 nitrogen and oxygen atoms in total. The van der Waals surface area contributed by atoms with Gasteiger partial charge in [0.05, 0.1) is 0 Å². The third-order valence-corrected chi connectivity index (χ3v) is 3.21. The summed E-state index contributed by atoms with van der Waals surface area (Å²) in [6.07, 6.45) is 11.5. The molecule has 2 heteroatoms. The van der Waals surface area contributed by atoms with E-state index in [1.807, 2.05) is 61.0 Å². The summed E-state index contributed by atoms with van der Waals surface area (Å²) < 4.78 is 5.91. The summed E-state index contributed by atoms with van der Waals surface area (Å²) in [4.78, 5) is 0. The summed E-state index contributed by atoms with van der Waals surface area (Å²) in [6.45, 7) is 8.05. The Hall–Kier alpha value is -2.74. The Bertz CT molecular complexity index is 862. The van der Waals surface area contributed by atoms with Crippen molar-refractivity contribution in [2.24, 2.45) is 0 Å². The highest BCUT2D eigenvalue weighted by atomic mass is 16.3. The molecule has 0 atom stereocenters. The van der Waals surface area contributed by atoms with Gasteiger partial charge in [0.15, 0.2) is 0 Å². The number of allylic oxidation sites excluding steroid dienone is 5. The number of para-hydroxylation sites is 1. The molecule has 0 amide bonds. The van der Waals surface area contributed by atoms with E-state index in [-0.39, 0.29) is 0 Å². The van der Waals surface area contributed by atoms with Crippen molar-refractivity contribution in [1.29, 1.82) is 0 Å².